The first-order valence-electron chi connectivity index (χ1n) is 7.93. The third-order valence-electron chi connectivity index (χ3n) is 4.89. The highest BCUT2D eigenvalue weighted by atomic mass is 35.5. The van der Waals surface area contributed by atoms with Crippen LogP contribution in [0.2, 0.25) is 0 Å². The van der Waals surface area contributed by atoms with E-state index in [1.807, 2.05) is 0 Å². The first-order chi connectivity index (χ1) is 10.3. The summed E-state index contributed by atoms with van der Waals surface area (Å²) in [5.41, 5.74) is 5.68. The lowest BCUT2D eigenvalue weighted by Crippen LogP contribution is -2.41. The van der Waals surface area contributed by atoms with Crippen LogP contribution in [-0.2, 0) is 6.54 Å². The highest BCUT2D eigenvalue weighted by Crippen LogP contribution is 2.40. The maximum atomic E-state index is 3.72. The van der Waals surface area contributed by atoms with Crippen LogP contribution in [0.5, 0.6) is 0 Å². The van der Waals surface area contributed by atoms with Crippen molar-refractivity contribution in [2.75, 3.05) is 18.4 Å². The zero-order valence-electron chi connectivity index (χ0n) is 13.0. The van der Waals surface area contributed by atoms with E-state index in [1.165, 1.54) is 41.9 Å². The number of benzene rings is 2. The minimum atomic E-state index is 0. The van der Waals surface area contributed by atoms with Gasteiger partial charge in [-0.3, -0.25) is 4.90 Å². The van der Waals surface area contributed by atoms with Gasteiger partial charge in [-0.15, -0.1) is 12.4 Å². The predicted octanol–water partition coefficient (Wildman–Crippen LogP) is 4.20. The van der Waals surface area contributed by atoms with E-state index in [-0.39, 0.29) is 12.4 Å². The van der Waals surface area contributed by atoms with Crippen LogP contribution in [0.4, 0.5) is 5.69 Å². The fourth-order valence-electron chi connectivity index (χ4n) is 3.81. The summed E-state index contributed by atoms with van der Waals surface area (Å²) in [6, 6.07) is 18.3. The summed E-state index contributed by atoms with van der Waals surface area (Å²) in [6.07, 6.45) is 1.24. The van der Waals surface area contributed by atoms with Crippen LogP contribution in [0.1, 0.15) is 29.0 Å². The number of fused-ring (bicyclic) bond motifs is 3. The summed E-state index contributed by atoms with van der Waals surface area (Å²) in [7, 11) is 0. The molecule has 0 aliphatic carbocycles. The smallest absolute Gasteiger partial charge is 0.0379 e. The number of hydrogen-bond donors (Lipinski definition) is 1. The summed E-state index contributed by atoms with van der Waals surface area (Å²) >= 11 is 0. The molecule has 0 unspecified atom stereocenters. The molecule has 0 spiro atoms. The SMILES string of the molecule is Cc1ccc2c(c1)[C@H]1CN(Cc3ccccc3)CC[C@@H]1N2.Cl. The monoisotopic (exact) mass is 314 g/mol. The van der Waals surface area contributed by atoms with Crippen LogP contribution < -0.4 is 5.32 Å². The minimum Gasteiger partial charge on any atom is -0.381 e. The molecule has 0 radical (unpaired) electrons. The minimum absolute atomic E-state index is 0. The lowest BCUT2D eigenvalue weighted by Gasteiger charge is -2.35. The van der Waals surface area contributed by atoms with E-state index in [9.17, 15) is 0 Å². The van der Waals surface area contributed by atoms with Gasteiger partial charge in [0.2, 0.25) is 0 Å². The van der Waals surface area contributed by atoms with E-state index in [2.05, 4.69) is 65.7 Å². The van der Waals surface area contributed by atoms with Crippen LogP contribution in [0, 0.1) is 6.92 Å². The van der Waals surface area contributed by atoms with Crippen molar-refractivity contribution in [3.63, 3.8) is 0 Å². The van der Waals surface area contributed by atoms with Crippen molar-refractivity contribution in [3.8, 4) is 0 Å². The number of likely N-dealkylation sites (tertiary alicyclic amines) is 1. The van der Waals surface area contributed by atoms with E-state index in [0.717, 1.165) is 6.54 Å². The Morgan fingerprint density at radius 2 is 1.95 bits per heavy atom. The molecule has 2 aliphatic heterocycles. The number of hydrogen-bond acceptors (Lipinski definition) is 2. The molecule has 3 heteroatoms. The van der Waals surface area contributed by atoms with E-state index in [1.54, 1.807) is 0 Å². The number of halogens is 1. The highest BCUT2D eigenvalue weighted by Gasteiger charge is 2.36. The number of nitrogens with one attached hydrogen (secondary N) is 1. The molecule has 4 rings (SSSR count). The zero-order valence-corrected chi connectivity index (χ0v) is 13.8. The topological polar surface area (TPSA) is 15.3 Å². The lowest BCUT2D eigenvalue weighted by molar-refractivity contribution is 0.194. The highest BCUT2D eigenvalue weighted by molar-refractivity contribution is 5.85. The molecule has 1 saturated heterocycles. The van der Waals surface area contributed by atoms with Gasteiger partial charge in [-0.05, 0) is 30.5 Å². The second-order valence-corrected chi connectivity index (χ2v) is 6.46. The molecule has 2 aliphatic rings. The molecule has 2 nitrogen and oxygen atoms in total. The summed E-state index contributed by atoms with van der Waals surface area (Å²) in [5, 5.41) is 3.72. The van der Waals surface area contributed by atoms with Gasteiger partial charge in [-0.2, -0.15) is 0 Å². The normalized spacial score (nSPS) is 23.1. The third kappa shape index (κ3) is 2.86. The van der Waals surface area contributed by atoms with Crippen molar-refractivity contribution in [1.29, 1.82) is 0 Å². The molecule has 1 N–H and O–H groups in total. The van der Waals surface area contributed by atoms with Gasteiger partial charge < -0.3 is 5.32 Å². The van der Waals surface area contributed by atoms with Crippen molar-refractivity contribution in [2.45, 2.75) is 31.8 Å². The fraction of sp³-hybridized carbons (Fsp3) is 0.368. The largest absolute Gasteiger partial charge is 0.381 e. The number of aryl methyl sites for hydroxylation is 1. The van der Waals surface area contributed by atoms with Crippen molar-refractivity contribution in [1.82, 2.24) is 4.90 Å². The molecule has 0 bridgehead atoms. The molecule has 0 aromatic heterocycles. The Morgan fingerprint density at radius 1 is 1.14 bits per heavy atom. The molecular formula is C19H23ClN2. The summed E-state index contributed by atoms with van der Waals surface area (Å²) in [4.78, 5) is 2.61. The van der Waals surface area contributed by atoms with Crippen LogP contribution in [-0.4, -0.2) is 24.0 Å². The lowest BCUT2D eigenvalue weighted by atomic mass is 9.88. The molecule has 2 atom stereocenters. The Kier molecular flexibility index (Phi) is 4.42. The molecular weight excluding hydrogens is 292 g/mol. The summed E-state index contributed by atoms with van der Waals surface area (Å²) < 4.78 is 0. The summed E-state index contributed by atoms with van der Waals surface area (Å²) in [5.74, 6) is 0.650. The standard InChI is InChI=1S/C19H22N2.ClH/c1-14-7-8-18-16(11-14)17-13-21(10-9-19(17)20-18)12-15-5-3-2-4-6-15;/h2-8,11,17,19-20H,9-10,12-13H2,1H3;1H/t17-,19+;/m1./s1. The molecule has 2 aromatic rings. The zero-order chi connectivity index (χ0) is 14.2. The van der Waals surface area contributed by atoms with Gasteiger partial charge in [0.15, 0.2) is 0 Å². The van der Waals surface area contributed by atoms with Crippen molar-refractivity contribution < 1.29 is 0 Å². The Balaban J connectivity index is 0.00000144. The first kappa shape index (κ1) is 15.4. The van der Waals surface area contributed by atoms with Crippen LogP contribution in [0.25, 0.3) is 0 Å². The van der Waals surface area contributed by atoms with Crippen molar-refractivity contribution in [2.24, 2.45) is 0 Å². The van der Waals surface area contributed by atoms with Gasteiger partial charge >= 0.3 is 0 Å². The number of rotatable bonds is 2. The Labute approximate surface area is 138 Å². The average Bonchev–Trinajstić information content (AvgIpc) is 2.86. The van der Waals surface area contributed by atoms with Crippen molar-refractivity contribution in [3.05, 3.63) is 65.2 Å². The first-order valence-corrected chi connectivity index (χ1v) is 7.93. The van der Waals surface area contributed by atoms with Crippen molar-refractivity contribution >= 4 is 18.1 Å². The van der Waals surface area contributed by atoms with E-state index in [4.69, 9.17) is 0 Å². The quantitative estimate of drug-likeness (QED) is 0.893. The Hall–Kier alpha value is -1.51. The van der Waals surface area contributed by atoms with E-state index >= 15 is 0 Å². The van der Waals surface area contributed by atoms with Gasteiger partial charge in [-0.25, -0.2) is 0 Å². The second-order valence-electron chi connectivity index (χ2n) is 6.46. The number of anilines is 1. The molecule has 0 saturated carbocycles. The van der Waals surface area contributed by atoms with Crippen LogP contribution in [0.3, 0.4) is 0 Å². The molecule has 22 heavy (non-hydrogen) atoms. The molecule has 116 valence electrons. The van der Waals surface area contributed by atoms with Gasteiger partial charge in [0.1, 0.15) is 0 Å². The fourth-order valence-corrected chi connectivity index (χ4v) is 3.81. The van der Waals surface area contributed by atoms with Crippen LogP contribution in [0.15, 0.2) is 48.5 Å². The predicted molar refractivity (Wildman–Crippen MR) is 94.9 cm³/mol. The third-order valence-corrected chi connectivity index (χ3v) is 4.89. The number of piperidine rings is 1. The summed E-state index contributed by atoms with van der Waals surface area (Å²) in [6.45, 7) is 5.63. The Bertz CT molecular complexity index is 641. The Morgan fingerprint density at radius 3 is 2.77 bits per heavy atom. The molecule has 1 fully saturated rings. The molecule has 2 heterocycles. The van der Waals surface area contributed by atoms with Gasteiger partial charge in [0.05, 0.1) is 0 Å². The second kappa shape index (κ2) is 6.31. The van der Waals surface area contributed by atoms with Gasteiger partial charge in [0, 0.05) is 37.3 Å². The van der Waals surface area contributed by atoms with Gasteiger partial charge in [0.25, 0.3) is 0 Å². The average molecular weight is 315 g/mol. The molecule has 0 amide bonds. The van der Waals surface area contributed by atoms with E-state index in [0.29, 0.717) is 12.0 Å². The maximum Gasteiger partial charge on any atom is 0.0379 e. The number of nitrogens with zero attached hydrogens (tertiary/aromatic N) is 1. The van der Waals surface area contributed by atoms with E-state index < -0.39 is 0 Å². The van der Waals surface area contributed by atoms with Crippen LogP contribution >= 0.6 is 12.4 Å². The maximum absolute atomic E-state index is 3.72. The van der Waals surface area contributed by atoms with Gasteiger partial charge in [-0.1, -0.05) is 48.0 Å². The molecule has 2 aromatic carbocycles.